The third-order valence-electron chi connectivity index (χ3n) is 3.93. The molecule has 0 spiro atoms. The van der Waals surface area contributed by atoms with Gasteiger partial charge in [0.2, 0.25) is 0 Å². The van der Waals surface area contributed by atoms with Gasteiger partial charge in [-0.3, -0.25) is 0 Å². The normalized spacial score (nSPS) is 28.3. The van der Waals surface area contributed by atoms with Gasteiger partial charge in [-0.2, -0.15) is 0 Å². The van der Waals surface area contributed by atoms with Gasteiger partial charge in [0.1, 0.15) is 6.29 Å². The minimum Gasteiger partial charge on any atom is -0.303 e. The second kappa shape index (κ2) is 6.09. The van der Waals surface area contributed by atoms with E-state index in [1.807, 2.05) is 0 Å². The summed E-state index contributed by atoms with van der Waals surface area (Å²) >= 11 is 0. The molecule has 3 unspecified atom stereocenters. The van der Waals surface area contributed by atoms with Crippen LogP contribution in [0.1, 0.15) is 52.9 Å². The van der Waals surface area contributed by atoms with Crippen LogP contribution in [-0.4, -0.2) is 6.29 Å². The molecule has 0 fully saturated rings. The first-order valence-corrected chi connectivity index (χ1v) is 6.33. The Morgan fingerprint density at radius 1 is 1.60 bits per heavy atom. The molecule has 0 aromatic carbocycles. The molecule has 0 saturated heterocycles. The van der Waals surface area contributed by atoms with Gasteiger partial charge in [-0.1, -0.05) is 32.4 Å². The molecule has 0 heterocycles. The lowest BCUT2D eigenvalue weighted by atomic mass is 9.76. The molecule has 3 atom stereocenters. The predicted molar refractivity (Wildman–Crippen MR) is 64.7 cm³/mol. The molecule has 15 heavy (non-hydrogen) atoms. The van der Waals surface area contributed by atoms with Gasteiger partial charge in [-0.25, -0.2) is 0 Å². The highest BCUT2D eigenvalue weighted by atomic mass is 16.1. The van der Waals surface area contributed by atoms with Crippen LogP contribution in [0.25, 0.3) is 0 Å². The molecule has 0 N–H and O–H groups in total. The van der Waals surface area contributed by atoms with Gasteiger partial charge in [0.15, 0.2) is 0 Å². The van der Waals surface area contributed by atoms with Crippen LogP contribution >= 0.6 is 0 Å². The minimum absolute atomic E-state index is 0.669. The highest BCUT2D eigenvalue weighted by molar-refractivity contribution is 5.49. The monoisotopic (exact) mass is 208 g/mol. The van der Waals surface area contributed by atoms with E-state index in [1.165, 1.54) is 19.3 Å². The third-order valence-corrected chi connectivity index (χ3v) is 3.93. The number of hydrogen-bond acceptors (Lipinski definition) is 1. The third kappa shape index (κ3) is 3.48. The van der Waals surface area contributed by atoms with Crippen molar-refractivity contribution in [3.63, 3.8) is 0 Å². The molecule has 1 heteroatoms. The molecule has 1 nitrogen and oxygen atoms in total. The number of carbonyl (C=O) groups is 1. The topological polar surface area (TPSA) is 17.1 Å². The van der Waals surface area contributed by atoms with Crippen molar-refractivity contribution in [1.82, 2.24) is 0 Å². The molecule has 1 rings (SSSR count). The number of hydrogen-bond donors (Lipinski definition) is 0. The average Bonchev–Trinajstić information content (AvgIpc) is 2.26. The highest BCUT2D eigenvalue weighted by Crippen LogP contribution is 2.35. The van der Waals surface area contributed by atoms with E-state index >= 15 is 0 Å². The fourth-order valence-electron chi connectivity index (χ4n) is 2.53. The molecule has 0 aromatic rings. The van der Waals surface area contributed by atoms with Crippen LogP contribution in [0.2, 0.25) is 0 Å². The van der Waals surface area contributed by atoms with Crippen molar-refractivity contribution < 1.29 is 4.79 Å². The minimum atomic E-state index is 0.669. The summed E-state index contributed by atoms with van der Waals surface area (Å²) in [5.74, 6) is 2.16. The largest absolute Gasteiger partial charge is 0.303 e. The summed E-state index contributed by atoms with van der Waals surface area (Å²) in [6, 6.07) is 0. The Hall–Kier alpha value is -0.590. The first-order chi connectivity index (χ1) is 7.19. The van der Waals surface area contributed by atoms with E-state index in [2.05, 4.69) is 26.8 Å². The fraction of sp³-hybridized carbons (Fsp3) is 0.786. The maximum absolute atomic E-state index is 10.4. The lowest BCUT2D eigenvalue weighted by molar-refractivity contribution is -0.108. The molecule has 1 aliphatic rings. The predicted octanol–water partition coefficient (Wildman–Crippen LogP) is 3.98. The molecule has 0 radical (unpaired) electrons. The van der Waals surface area contributed by atoms with Crippen molar-refractivity contribution in [3.05, 3.63) is 11.6 Å². The summed E-state index contributed by atoms with van der Waals surface area (Å²) in [6.45, 7) is 6.88. The SMILES string of the molecule is CCC(C)C1=CC(C)C(CCC=O)CC1. The zero-order valence-electron chi connectivity index (χ0n) is 10.3. The second-order valence-electron chi connectivity index (χ2n) is 4.95. The summed E-state index contributed by atoms with van der Waals surface area (Å²) in [5, 5.41) is 0. The van der Waals surface area contributed by atoms with Gasteiger partial charge >= 0.3 is 0 Å². The Labute approximate surface area is 93.9 Å². The summed E-state index contributed by atoms with van der Waals surface area (Å²) in [7, 11) is 0. The van der Waals surface area contributed by atoms with E-state index in [0.29, 0.717) is 5.92 Å². The van der Waals surface area contributed by atoms with Crippen LogP contribution < -0.4 is 0 Å². The molecule has 0 saturated carbocycles. The van der Waals surface area contributed by atoms with E-state index < -0.39 is 0 Å². The summed E-state index contributed by atoms with van der Waals surface area (Å²) in [6.07, 6.45) is 9.12. The van der Waals surface area contributed by atoms with Gasteiger partial charge < -0.3 is 4.79 Å². The van der Waals surface area contributed by atoms with E-state index in [1.54, 1.807) is 5.57 Å². The number of rotatable bonds is 5. The van der Waals surface area contributed by atoms with E-state index in [-0.39, 0.29) is 0 Å². The van der Waals surface area contributed by atoms with Crippen LogP contribution in [-0.2, 0) is 4.79 Å². The lowest BCUT2D eigenvalue weighted by Gasteiger charge is -2.29. The number of aldehydes is 1. The zero-order valence-corrected chi connectivity index (χ0v) is 10.3. The highest BCUT2D eigenvalue weighted by Gasteiger charge is 2.22. The maximum atomic E-state index is 10.4. The van der Waals surface area contributed by atoms with Crippen LogP contribution in [0.15, 0.2) is 11.6 Å². The van der Waals surface area contributed by atoms with Gasteiger partial charge in [0.05, 0.1) is 0 Å². The fourth-order valence-corrected chi connectivity index (χ4v) is 2.53. The summed E-state index contributed by atoms with van der Waals surface area (Å²) in [5.41, 5.74) is 1.65. The van der Waals surface area contributed by atoms with Gasteiger partial charge in [-0.15, -0.1) is 0 Å². The quantitative estimate of drug-likeness (QED) is 0.493. The van der Waals surface area contributed by atoms with Crippen molar-refractivity contribution in [2.75, 3.05) is 0 Å². The molecule has 0 bridgehead atoms. The number of carbonyl (C=O) groups excluding carboxylic acids is 1. The summed E-state index contributed by atoms with van der Waals surface area (Å²) in [4.78, 5) is 10.4. The maximum Gasteiger partial charge on any atom is 0.120 e. The van der Waals surface area contributed by atoms with Crippen molar-refractivity contribution >= 4 is 6.29 Å². The first-order valence-electron chi connectivity index (χ1n) is 6.33. The first kappa shape index (κ1) is 12.5. The molecule has 1 aliphatic carbocycles. The Morgan fingerprint density at radius 3 is 2.87 bits per heavy atom. The molecular weight excluding hydrogens is 184 g/mol. The smallest absolute Gasteiger partial charge is 0.120 e. The van der Waals surface area contributed by atoms with Crippen molar-refractivity contribution in [2.45, 2.75) is 52.9 Å². The molecule has 0 aliphatic heterocycles. The Balaban J connectivity index is 2.52. The average molecular weight is 208 g/mol. The van der Waals surface area contributed by atoms with Crippen molar-refractivity contribution in [3.8, 4) is 0 Å². The standard InChI is InChI=1S/C14H24O/c1-4-11(2)14-8-7-13(6-5-9-15)12(3)10-14/h9-13H,4-8H2,1-3H3. The van der Waals surface area contributed by atoms with Crippen LogP contribution in [0, 0.1) is 17.8 Å². The van der Waals surface area contributed by atoms with Crippen molar-refractivity contribution in [1.29, 1.82) is 0 Å². The second-order valence-corrected chi connectivity index (χ2v) is 4.95. The van der Waals surface area contributed by atoms with Crippen LogP contribution in [0.5, 0.6) is 0 Å². The Morgan fingerprint density at radius 2 is 2.33 bits per heavy atom. The molecule has 86 valence electrons. The zero-order chi connectivity index (χ0) is 11.3. The Kier molecular flexibility index (Phi) is 5.07. The van der Waals surface area contributed by atoms with Crippen LogP contribution in [0.4, 0.5) is 0 Å². The van der Waals surface area contributed by atoms with Gasteiger partial charge in [0, 0.05) is 6.42 Å². The van der Waals surface area contributed by atoms with E-state index in [0.717, 1.165) is 31.0 Å². The molecular formula is C14H24O. The van der Waals surface area contributed by atoms with Crippen LogP contribution in [0.3, 0.4) is 0 Å². The van der Waals surface area contributed by atoms with Gasteiger partial charge in [0.25, 0.3) is 0 Å². The number of allylic oxidation sites excluding steroid dienone is 2. The van der Waals surface area contributed by atoms with Gasteiger partial charge in [-0.05, 0) is 43.4 Å². The van der Waals surface area contributed by atoms with E-state index in [4.69, 9.17) is 0 Å². The summed E-state index contributed by atoms with van der Waals surface area (Å²) < 4.78 is 0. The van der Waals surface area contributed by atoms with Crippen molar-refractivity contribution in [2.24, 2.45) is 17.8 Å². The lowest BCUT2D eigenvalue weighted by Crippen LogP contribution is -2.17. The molecule has 0 aromatic heterocycles. The van der Waals surface area contributed by atoms with E-state index in [9.17, 15) is 4.79 Å². The Bertz CT molecular complexity index is 229. The molecule has 0 amide bonds.